The molecule has 0 saturated carbocycles. The molecule has 1 saturated heterocycles. The average molecular weight is 558 g/mol. The zero-order valence-electron chi connectivity index (χ0n) is 19.1. The number of thiazole rings is 1. The predicted molar refractivity (Wildman–Crippen MR) is 141 cm³/mol. The second-order valence-corrected chi connectivity index (χ2v) is 9.08. The molecule has 1 aromatic carbocycles. The molecule has 6 nitrogen and oxygen atoms in total. The van der Waals surface area contributed by atoms with Gasteiger partial charge in [0.25, 0.3) is 0 Å². The van der Waals surface area contributed by atoms with E-state index in [9.17, 15) is 0 Å². The minimum Gasteiger partial charge on any atom is -0.496 e. The fraction of sp³-hybridized carbons (Fsp3) is 0.565. The number of guanidine groups is 1. The summed E-state index contributed by atoms with van der Waals surface area (Å²) in [7, 11) is 3.56. The molecule has 0 aliphatic carbocycles. The molecule has 2 N–H and O–H groups in total. The zero-order valence-corrected chi connectivity index (χ0v) is 22.3. The molecular formula is C23H36IN5OS. The van der Waals surface area contributed by atoms with Crippen molar-refractivity contribution >= 4 is 41.3 Å². The number of aryl methyl sites for hydroxylation is 2. The standard InChI is InChI=1S/C23H35N5OS.HI/c1-17-5-6-22(29-4)20(13-17)7-10-25-23(24-3)26-14-19-8-11-28(12-9-19)15-21-16-30-18(2)27-21;/h5-6,13,16,19H,7-12,14-15H2,1-4H3,(H2,24,25,26);1H. The molecule has 2 heterocycles. The van der Waals surface area contributed by atoms with Crippen molar-refractivity contribution in [2.24, 2.45) is 10.9 Å². The molecular weight excluding hydrogens is 521 g/mol. The fourth-order valence-electron chi connectivity index (χ4n) is 3.94. The van der Waals surface area contributed by atoms with Gasteiger partial charge in [-0.1, -0.05) is 17.7 Å². The highest BCUT2D eigenvalue weighted by atomic mass is 127. The van der Waals surface area contributed by atoms with E-state index in [1.54, 1.807) is 18.4 Å². The number of nitrogens with zero attached hydrogens (tertiary/aromatic N) is 3. The van der Waals surface area contributed by atoms with Crippen LogP contribution in [0.2, 0.25) is 0 Å². The Bertz CT molecular complexity index is 833. The van der Waals surface area contributed by atoms with E-state index in [0.29, 0.717) is 5.92 Å². The van der Waals surface area contributed by atoms with Crippen LogP contribution in [0.1, 0.15) is 34.7 Å². The summed E-state index contributed by atoms with van der Waals surface area (Å²) in [5, 5.41) is 10.3. The van der Waals surface area contributed by atoms with Crippen molar-refractivity contribution < 1.29 is 4.74 Å². The van der Waals surface area contributed by atoms with Gasteiger partial charge in [0, 0.05) is 32.1 Å². The number of aliphatic imine (C=N–C) groups is 1. The summed E-state index contributed by atoms with van der Waals surface area (Å²) in [5.41, 5.74) is 3.69. The van der Waals surface area contributed by atoms with Gasteiger partial charge >= 0.3 is 0 Å². The molecule has 0 amide bonds. The van der Waals surface area contributed by atoms with Crippen LogP contribution in [-0.4, -0.2) is 56.2 Å². The quantitative estimate of drug-likeness (QED) is 0.292. The number of likely N-dealkylation sites (tertiary alicyclic amines) is 1. The summed E-state index contributed by atoms with van der Waals surface area (Å²) < 4.78 is 5.48. The first kappa shape index (κ1) is 25.9. The molecule has 0 radical (unpaired) electrons. The first-order valence-electron chi connectivity index (χ1n) is 10.8. The molecule has 0 unspecified atom stereocenters. The number of halogens is 1. The molecule has 0 spiro atoms. The van der Waals surface area contributed by atoms with Crippen molar-refractivity contribution in [3.63, 3.8) is 0 Å². The summed E-state index contributed by atoms with van der Waals surface area (Å²) in [6, 6.07) is 6.32. The number of piperidine rings is 1. The molecule has 0 atom stereocenters. The minimum absolute atomic E-state index is 0. The molecule has 8 heteroatoms. The second-order valence-electron chi connectivity index (χ2n) is 8.02. The molecule has 1 fully saturated rings. The highest BCUT2D eigenvalue weighted by Crippen LogP contribution is 2.20. The third-order valence-electron chi connectivity index (χ3n) is 5.66. The summed E-state index contributed by atoms with van der Waals surface area (Å²) in [6.45, 7) is 9.24. The summed E-state index contributed by atoms with van der Waals surface area (Å²) >= 11 is 1.74. The maximum absolute atomic E-state index is 5.48. The topological polar surface area (TPSA) is 61.8 Å². The average Bonchev–Trinajstić information content (AvgIpc) is 3.16. The van der Waals surface area contributed by atoms with Gasteiger partial charge in [-0.2, -0.15) is 0 Å². The lowest BCUT2D eigenvalue weighted by atomic mass is 9.97. The fourth-order valence-corrected chi connectivity index (χ4v) is 4.54. The first-order chi connectivity index (χ1) is 14.6. The summed E-state index contributed by atoms with van der Waals surface area (Å²) in [6.07, 6.45) is 3.33. The Morgan fingerprint density at radius 2 is 2.03 bits per heavy atom. The van der Waals surface area contributed by atoms with Crippen LogP contribution in [0.5, 0.6) is 5.75 Å². The molecule has 172 valence electrons. The number of aromatic nitrogens is 1. The second kappa shape index (κ2) is 13.2. The van der Waals surface area contributed by atoms with E-state index in [2.05, 4.69) is 56.9 Å². The first-order valence-corrected chi connectivity index (χ1v) is 11.7. The maximum Gasteiger partial charge on any atom is 0.190 e. The molecule has 31 heavy (non-hydrogen) atoms. The van der Waals surface area contributed by atoms with Crippen molar-refractivity contribution in [2.45, 2.75) is 39.7 Å². The highest BCUT2D eigenvalue weighted by molar-refractivity contribution is 14.0. The monoisotopic (exact) mass is 557 g/mol. The van der Waals surface area contributed by atoms with Crippen LogP contribution < -0.4 is 15.4 Å². The van der Waals surface area contributed by atoms with Gasteiger partial charge in [0.15, 0.2) is 5.96 Å². The van der Waals surface area contributed by atoms with E-state index in [1.165, 1.54) is 29.7 Å². The Morgan fingerprint density at radius 1 is 1.26 bits per heavy atom. The number of hydrogen-bond acceptors (Lipinski definition) is 5. The van der Waals surface area contributed by atoms with Crippen LogP contribution in [0.25, 0.3) is 0 Å². The maximum atomic E-state index is 5.48. The predicted octanol–water partition coefficient (Wildman–Crippen LogP) is 4.01. The van der Waals surface area contributed by atoms with Gasteiger partial charge in [-0.3, -0.25) is 9.89 Å². The van der Waals surface area contributed by atoms with Gasteiger partial charge in [0.2, 0.25) is 0 Å². The van der Waals surface area contributed by atoms with Gasteiger partial charge in [-0.05, 0) is 63.7 Å². The van der Waals surface area contributed by atoms with Crippen LogP contribution in [-0.2, 0) is 13.0 Å². The van der Waals surface area contributed by atoms with Gasteiger partial charge in [-0.15, -0.1) is 35.3 Å². The van der Waals surface area contributed by atoms with Crippen LogP contribution in [0.15, 0.2) is 28.6 Å². The van der Waals surface area contributed by atoms with Gasteiger partial charge < -0.3 is 15.4 Å². The number of benzene rings is 1. The Labute approximate surface area is 207 Å². The van der Waals surface area contributed by atoms with Crippen LogP contribution in [0, 0.1) is 19.8 Å². The van der Waals surface area contributed by atoms with E-state index in [0.717, 1.165) is 55.9 Å². The molecule has 1 aliphatic heterocycles. The Balaban J connectivity index is 0.00000341. The number of methoxy groups -OCH3 is 1. The lowest BCUT2D eigenvalue weighted by Gasteiger charge is -2.31. The van der Waals surface area contributed by atoms with Gasteiger partial charge in [-0.25, -0.2) is 4.98 Å². The van der Waals surface area contributed by atoms with Crippen molar-refractivity contribution in [1.82, 2.24) is 20.5 Å². The van der Waals surface area contributed by atoms with E-state index in [-0.39, 0.29) is 24.0 Å². The highest BCUT2D eigenvalue weighted by Gasteiger charge is 2.20. The SMILES string of the molecule is CN=C(NCCc1cc(C)ccc1OC)NCC1CCN(Cc2csc(C)n2)CC1.I. The molecule has 0 bridgehead atoms. The zero-order chi connectivity index (χ0) is 21.3. The van der Waals surface area contributed by atoms with Crippen molar-refractivity contribution in [3.05, 3.63) is 45.4 Å². The van der Waals surface area contributed by atoms with E-state index >= 15 is 0 Å². The van der Waals surface area contributed by atoms with Crippen molar-refractivity contribution in [1.29, 1.82) is 0 Å². The summed E-state index contributed by atoms with van der Waals surface area (Å²) in [5.74, 6) is 2.51. The van der Waals surface area contributed by atoms with E-state index in [1.807, 2.05) is 13.1 Å². The van der Waals surface area contributed by atoms with Crippen molar-refractivity contribution in [3.8, 4) is 5.75 Å². The van der Waals surface area contributed by atoms with Crippen LogP contribution in [0.3, 0.4) is 0 Å². The molecule has 1 aromatic heterocycles. The third-order valence-corrected chi connectivity index (χ3v) is 6.49. The third kappa shape index (κ3) is 8.23. The number of nitrogens with one attached hydrogen (secondary N) is 2. The van der Waals surface area contributed by atoms with Crippen LogP contribution in [0.4, 0.5) is 0 Å². The smallest absolute Gasteiger partial charge is 0.190 e. The molecule has 3 rings (SSSR count). The largest absolute Gasteiger partial charge is 0.496 e. The van der Waals surface area contributed by atoms with Gasteiger partial charge in [0.1, 0.15) is 5.75 Å². The summed E-state index contributed by atoms with van der Waals surface area (Å²) in [4.78, 5) is 11.5. The van der Waals surface area contributed by atoms with Gasteiger partial charge in [0.05, 0.1) is 17.8 Å². The lowest BCUT2D eigenvalue weighted by Crippen LogP contribution is -2.43. The minimum atomic E-state index is 0. The normalized spacial score (nSPS) is 15.4. The van der Waals surface area contributed by atoms with Crippen molar-refractivity contribution in [2.75, 3.05) is 40.3 Å². The van der Waals surface area contributed by atoms with E-state index in [4.69, 9.17) is 4.74 Å². The van der Waals surface area contributed by atoms with E-state index < -0.39 is 0 Å². The van der Waals surface area contributed by atoms with Crippen LogP contribution >= 0.6 is 35.3 Å². The lowest BCUT2D eigenvalue weighted by molar-refractivity contribution is 0.176. The Kier molecular flexibility index (Phi) is 11.0. The number of ether oxygens (including phenoxy) is 1. The molecule has 1 aliphatic rings. The Morgan fingerprint density at radius 3 is 2.68 bits per heavy atom. The number of rotatable bonds is 8. The number of hydrogen-bond donors (Lipinski definition) is 2. The Hall–Kier alpha value is -1.39. The molecule has 2 aromatic rings.